The van der Waals surface area contributed by atoms with Gasteiger partial charge in [0.05, 0.1) is 6.10 Å². The van der Waals surface area contributed by atoms with E-state index >= 15 is 0 Å². The van der Waals surface area contributed by atoms with Gasteiger partial charge in [0.25, 0.3) is 0 Å². The largest absolute Gasteiger partial charge is 0.393 e. The summed E-state index contributed by atoms with van der Waals surface area (Å²) in [5.41, 5.74) is 0. The first-order valence-electron chi connectivity index (χ1n) is 4.52. The van der Waals surface area contributed by atoms with Crippen LogP contribution in [0.25, 0.3) is 0 Å². The Kier molecular flexibility index (Phi) is 8.88. The minimum Gasteiger partial charge on any atom is -0.393 e. The van der Waals surface area contributed by atoms with Gasteiger partial charge < -0.3 is 14.6 Å². The highest BCUT2D eigenvalue weighted by Gasteiger charge is 1.94. The molecular weight excluding hydrogens is 156 g/mol. The number of hydrogen-bond donors (Lipinski definition) is 1. The Bertz CT molecular complexity index is 83.8. The number of methoxy groups -OCH3 is 1. The van der Waals surface area contributed by atoms with Gasteiger partial charge in [-0.2, -0.15) is 0 Å². The summed E-state index contributed by atoms with van der Waals surface area (Å²) in [5, 5.41) is 8.92. The molecule has 1 atom stereocenters. The summed E-state index contributed by atoms with van der Waals surface area (Å²) in [7, 11) is 1.69. The van der Waals surface area contributed by atoms with Gasteiger partial charge in [-0.05, 0) is 26.2 Å². The van der Waals surface area contributed by atoms with E-state index in [1.807, 2.05) is 0 Å². The van der Waals surface area contributed by atoms with Crippen molar-refractivity contribution in [2.45, 2.75) is 32.3 Å². The number of aliphatic hydroxyl groups is 1. The van der Waals surface area contributed by atoms with Crippen molar-refractivity contribution in [3.8, 4) is 0 Å². The maximum Gasteiger partial charge on any atom is 0.0513 e. The zero-order valence-electron chi connectivity index (χ0n) is 8.08. The highest BCUT2D eigenvalue weighted by molar-refractivity contribution is 4.46. The average Bonchev–Trinajstić information content (AvgIpc) is 2.02. The normalized spacial score (nSPS) is 13.2. The standard InChI is InChI=1S/C9H20O3/c1-9(10)5-3-7-12-8-4-6-11-2/h9-10H,3-8H2,1-2H3. The lowest BCUT2D eigenvalue weighted by Crippen LogP contribution is -2.04. The van der Waals surface area contributed by atoms with Gasteiger partial charge in [-0.1, -0.05) is 0 Å². The Morgan fingerprint density at radius 3 is 2.42 bits per heavy atom. The van der Waals surface area contributed by atoms with Crippen molar-refractivity contribution in [2.75, 3.05) is 26.9 Å². The molecule has 1 unspecified atom stereocenters. The van der Waals surface area contributed by atoms with Gasteiger partial charge in [0, 0.05) is 26.9 Å². The van der Waals surface area contributed by atoms with Gasteiger partial charge in [0.1, 0.15) is 0 Å². The van der Waals surface area contributed by atoms with Crippen molar-refractivity contribution in [1.82, 2.24) is 0 Å². The molecule has 0 radical (unpaired) electrons. The van der Waals surface area contributed by atoms with Gasteiger partial charge in [-0.15, -0.1) is 0 Å². The molecule has 0 amide bonds. The molecule has 0 spiro atoms. The molecule has 0 fully saturated rings. The Labute approximate surface area is 74.7 Å². The molecule has 74 valence electrons. The van der Waals surface area contributed by atoms with Crippen LogP contribution in [0.5, 0.6) is 0 Å². The van der Waals surface area contributed by atoms with Crippen LogP contribution < -0.4 is 0 Å². The first kappa shape index (κ1) is 11.9. The van der Waals surface area contributed by atoms with Crippen LogP contribution in [0.2, 0.25) is 0 Å². The van der Waals surface area contributed by atoms with Gasteiger partial charge >= 0.3 is 0 Å². The third-order valence-electron chi connectivity index (χ3n) is 1.55. The summed E-state index contributed by atoms with van der Waals surface area (Å²) in [6, 6.07) is 0. The van der Waals surface area contributed by atoms with Gasteiger partial charge in [-0.3, -0.25) is 0 Å². The van der Waals surface area contributed by atoms with E-state index in [-0.39, 0.29) is 6.10 Å². The van der Waals surface area contributed by atoms with Crippen LogP contribution in [0.4, 0.5) is 0 Å². The van der Waals surface area contributed by atoms with Crippen LogP contribution in [0.1, 0.15) is 26.2 Å². The molecule has 0 saturated carbocycles. The molecule has 0 heterocycles. The fourth-order valence-electron chi connectivity index (χ4n) is 0.888. The SMILES string of the molecule is COCCCOCCCC(C)O. The van der Waals surface area contributed by atoms with Crippen LogP contribution in [-0.4, -0.2) is 38.1 Å². The molecule has 0 saturated heterocycles. The lowest BCUT2D eigenvalue weighted by Gasteiger charge is -2.05. The smallest absolute Gasteiger partial charge is 0.0513 e. The highest BCUT2D eigenvalue weighted by atomic mass is 16.5. The van der Waals surface area contributed by atoms with Crippen LogP contribution >= 0.6 is 0 Å². The summed E-state index contributed by atoms with van der Waals surface area (Å²) in [6.07, 6.45) is 2.51. The quantitative estimate of drug-likeness (QED) is 0.565. The van der Waals surface area contributed by atoms with E-state index in [9.17, 15) is 0 Å². The van der Waals surface area contributed by atoms with E-state index in [0.29, 0.717) is 0 Å². The molecule has 0 aliphatic heterocycles. The predicted octanol–water partition coefficient (Wildman–Crippen LogP) is 1.20. The van der Waals surface area contributed by atoms with Crippen LogP contribution in [0.15, 0.2) is 0 Å². The molecule has 0 aromatic rings. The van der Waals surface area contributed by atoms with Gasteiger partial charge in [0.2, 0.25) is 0 Å². The molecule has 3 heteroatoms. The second-order valence-electron chi connectivity index (χ2n) is 2.95. The van der Waals surface area contributed by atoms with Crippen LogP contribution in [0, 0.1) is 0 Å². The number of aliphatic hydroxyl groups excluding tert-OH is 1. The van der Waals surface area contributed by atoms with Crippen LogP contribution in [-0.2, 0) is 9.47 Å². The zero-order valence-corrected chi connectivity index (χ0v) is 8.08. The third kappa shape index (κ3) is 9.88. The van der Waals surface area contributed by atoms with Crippen molar-refractivity contribution in [3.05, 3.63) is 0 Å². The molecular formula is C9H20O3. The highest BCUT2D eigenvalue weighted by Crippen LogP contribution is 1.96. The minimum absolute atomic E-state index is 0.201. The van der Waals surface area contributed by atoms with Gasteiger partial charge in [-0.25, -0.2) is 0 Å². The van der Waals surface area contributed by atoms with Crippen molar-refractivity contribution in [1.29, 1.82) is 0 Å². The Balaban J connectivity index is 2.82. The van der Waals surface area contributed by atoms with E-state index in [4.69, 9.17) is 14.6 Å². The molecule has 0 aromatic heterocycles. The number of hydrogen-bond acceptors (Lipinski definition) is 3. The summed E-state index contributed by atoms with van der Waals surface area (Å²) in [5.74, 6) is 0. The Morgan fingerprint density at radius 1 is 1.17 bits per heavy atom. The summed E-state index contributed by atoms with van der Waals surface area (Å²) >= 11 is 0. The van der Waals surface area contributed by atoms with E-state index < -0.39 is 0 Å². The molecule has 0 rings (SSSR count). The van der Waals surface area contributed by atoms with E-state index in [1.54, 1.807) is 14.0 Å². The molecule has 0 bridgehead atoms. The lowest BCUT2D eigenvalue weighted by atomic mass is 10.2. The summed E-state index contributed by atoms with van der Waals surface area (Å²) in [6.45, 7) is 4.06. The molecule has 3 nitrogen and oxygen atoms in total. The first-order valence-corrected chi connectivity index (χ1v) is 4.52. The van der Waals surface area contributed by atoms with Crippen molar-refractivity contribution < 1.29 is 14.6 Å². The second kappa shape index (κ2) is 8.97. The molecule has 0 aliphatic rings. The topological polar surface area (TPSA) is 38.7 Å². The maximum atomic E-state index is 8.92. The average molecular weight is 176 g/mol. The minimum atomic E-state index is -0.201. The Hall–Kier alpha value is -0.120. The monoisotopic (exact) mass is 176 g/mol. The van der Waals surface area contributed by atoms with Gasteiger partial charge in [0.15, 0.2) is 0 Å². The van der Waals surface area contributed by atoms with E-state index in [0.717, 1.165) is 39.1 Å². The first-order chi connectivity index (χ1) is 5.77. The Morgan fingerprint density at radius 2 is 1.83 bits per heavy atom. The summed E-state index contributed by atoms with van der Waals surface area (Å²) < 4.78 is 10.2. The zero-order chi connectivity index (χ0) is 9.23. The third-order valence-corrected chi connectivity index (χ3v) is 1.55. The van der Waals surface area contributed by atoms with E-state index in [2.05, 4.69) is 0 Å². The molecule has 0 aromatic carbocycles. The van der Waals surface area contributed by atoms with Crippen LogP contribution in [0.3, 0.4) is 0 Å². The maximum absolute atomic E-state index is 8.92. The fraction of sp³-hybridized carbons (Fsp3) is 1.00. The lowest BCUT2D eigenvalue weighted by molar-refractivity contribution is 0.0908. The second-order valence-corrected chi connectivity index (χ2v) is 2.95. The number of rotatable bonds is 8. The van der Waals surface area contributed by atoms with Crippen molar-refractivity contribution in [2.24, 2.45) is 0 Å². The fourth-order valence-corrected chi connectivity index (χ4v) is 0.888. The molecule has 1 N–H and O–H groups in total. The number of ether oxygens (including phenoxy) is 2. The summed E-state index contributed by atoms with van der Waals surface area (Å²) in [4.78, 5) is 0. The molecule has 12 heavy (non-hydrogen) atoms. The predicted molar refractivity (Wildman–Crippen MR) is 48.2 cm³/mol. The van der Waals surface area contributed by atoms with Crippen molar-refractivity contribution >= 4 is 0 Å². The van der Waals surface area contributed by atoms with E-state index in [1.165, 1.54) is 0 Å². The van der Waals surface area contributed by atoms with Crippen molar-refractivity contribution in [3.63, 3.8) is 0 Å². The molecule has 0 aliphatic carbocycles.